The van der Waals surface area contributed by atoms with E-state index in [1.165, 1.54) is 19.3 Å². The molecular formula is C22H30N2O2. The topological polar surface area (TPSA) is 58.2 Å². The lowest BCUT2D eigenvalue weighted by Crippen LogP contribution is -2.57. The molecule has 4 saturated carbocycles. The van der Waals surface area contributed by atoms with Crippen LogP contribution in [-0.2, 0) is 9.59 Å². The average Bonchev–Trinajstić information content (AvgIpc) is 2.58. The van der Waals surface area contributed by atoms with Gasteiger partial charge in [-0.2, -0.15) is 0 Å². The Labute approximate surface area is 156 Å². The van der Waals surface area contributed by atoms with Crippen LogP contribution < -0.4 is 10.6 Å². The molecule has 0 heterocycles. The van der Waals surface area contributed by atoms with Crippen molar-refractivity contribution in [2.24, 2.45) is 29.1 Å². The van der Waals surface area contributed by atoms with E-state index in [0.717, 1.165) is 42.7 Å². The number of rotatable bonds is 5. The fourth-order valence-corrected chi connectivity index (χ4v) is 5.96. The first-order valence-corrected chi connectivity index (χ1v) is 10.1. The molecule has 0 aliphatic heterocycles. The summed E-state index contributed by atoms with van der Waals surface area (Å²) >= 11 is 0. The van der Waals surface area contributed by atoms with E-state index in [4.69, 9.17) is 0 Å². The lowest BCUT2D eigenvalue weighted by molar-refractivity contribution is -0.148. The molecule has 4 fully saturated rings. The van der Waals surface area contributed by atoms with E-state index >= 15 is 0 Å². The van der Waals surface area contributed by atoms with E-state index in [0.29, 0.717) is 0 Å². The molecule has 0 radical (unpaired) electrons. The van der Waals surface area contributed by atoms with E-state index < -0.39 is 6.04 Å². The van der Waals surface area contributed by atoms with Crippen LogP contribution in [0.5, 0.6) is 0 Å². The van der Waals surface area contributed by atoms with Crippen LogP contribution in [0, 0.1) is 29.1 Å². The van der Waals surface area contributed by atoms with Gasteiger partial charge < -0.3 is 10.6 Å². The number of hydrogen-bond acceptors (Lipinski definition) is 2. The summed E-state index contributed by atoms with van der Waals surface area (Å²) < 4.78 is 0. The number of anilines is 1. The van der Waals surface area contributed by atoms with E-state index in [2.05, 4.69) is 10.6 Å². The minimum absolute atomic E-state index is 0.0524. The van der Waals surface area contributed by atoms with Crippen LogP contribution in [0.3, 0.4) is 0 Å². The summed E-state index contributed by atoms with van der Waals surface area (Å²) in [6.07, 6.45) is 7.01. The first-order chi connectivity index (χ1) is 12.4. The molecule has 1 atom stereocenters. The normalized spacial score (nSPS) is 33.1. The van der Waals surface area contributed by atoms with Crippen LogP contribution in [0.4, 0.5) is 5.69 Å². The highest BCUT2D eigenvalue weighted by Gasteiger charge is 2.55. The Morgan fingerprint density at radius 2 is 1.50 bits per heavy atom. The van der Waals surface area contributed by atoms with Crippen molar-refractivity contribution in [2.75, 3.05) is 5.32 Å². The molecule has 4 aliphatic rings. The number of carbonyl (C=O) groups excluding carboxylic acids is 2. The van der Waals surface area contributed by atoms with Gasteiger partial charge in [-0.3, -0.25) is 9.59 Å². The quantitative estimate of drug-likeness (QED) is 0.840. The van der Waals surface area contributed by atoms with Crippen molar-refractivity contribution in [2.45, 2.75) is 58.4 Å². The van der Waals surface area contributed by atoms with E-state index in [9.17, 15) is 9.59 Å². The summed E-state index contributed by atoms with van der Waals surface area (Å²) in [5.74, 6) is 2.23. The van der Waals surface area contributed by atoms with E-state index in [1.807, 2.05) is 44.2 Å². The van der Waals surface area contributed by atoms with E-state index in [1.54, 1.807) is 0 Å². The number of benzene rings is 1. The Bertz CT molecular complexity index is 647. The van der Waals surface area contributed by atoms with Crippen LogP contribution in [0.2, 0.25) is 0 Å². The molecule has 4 heteroatoms. The highest BCUT2D eigenvalue weighted by molar-refractivity contribution is 5.98. The highest BCUT2D eigenvalue weighted by atomic mass is 16.2. The number of nitrogens with one attached hydrogen (secondary N) is 2. The molecule has 26 heavy (non-hydrogen) atoms. The summed E-state index contributed by atoms with van der Waals surface area (Å²) in [4.78, 5) is 26.1. The Balaban J connectivity index is 1.46. The second-order valence-corrected chi connectivity index (χ2v) is 9.25. The lowest BCUT2D eigenvalue weighted by Gasteiger charge is -2.55. The third kappa shape index (κ3) is 3.26. The van der Waals surface area contributed by atoms with Gasteiger partial charge in [-0.05, 0) is 74.3 Å². The Morgan fingerprint density at radius 3 is 2.00 bits per heavy atom. The SMILES string of the molecule is CC(C)C(NC(=O)C12CC3CC(CC(C3)C1)C2)C(=O)Nc1ccccc1. The molecule has 1 aromatic rings. The Kier molecular flexibility index (Phi) is 4.54. The van der Waals surface area contributed by atoms with Crippen LogP contribution in [0.1, 0.15) is 52.4 Å². The molecule has 5 rings (SSSR count). The van der Waals surface area contributed by atoms with E-state index in [-0.39, 0.29) is 23.1 Å². The van der Waals surface area contributed by atoms with Crippen molar-refractivity contribution in [3.8, 4) is 0 Å². The molecular weight excluding hydrogens is 324 g/mol. The fourth-order valence-electron chi connectivity index (χ4n) is 5.96. The first kappa shape index (κ1) is 17.6. The molecule has 140 valence electrons. The number of hydrogen-bond donors (Lipinski definition) is 2. The van der Waals surface area contributed by atoms with Gasteiger partial charge in [0.1, 0.15) is 6.04 Å². The lowest BCUT2D eigenvalue weighted by atomic mass is 9.49. The molecule has 0 aromatic heterocycles. The van der Waals surface area contributed by atoms with Gasteiger partial charge in [0.05, 0.1) is 0 Å². The van der Waals surface area contributed by atoms with Crippen molar-refractivity contribution < 1.29 is 9.59 Å². The largest absolute Gasteiger partial charge is 0.344 e. The second kappa shape index (κ2) is 6.71. The van der Waals surface area contributed by atoms with Crippen molar-refractivity contribution in [1.29, 1.82) is 0 Å². The van der Waals surface area contributed by atoms with Gasteiger partial charge in [0.15, 0.2) is 0 Å². The van der Waals surface area contributed by atoms with Gasteiger partial charge >= 0.3 is 0 Å². The molecule has 1 aromatic carbocycles. The van der Waals surface area contributed by atoms with Gasteiger partial charge in [-0.15, -0.1) is 0 Å². The van der Waals surface area contributed by atoms with Crippen molar-refractivity contribution in [3.63, 3.8) is 0 Å². The highest BCUT2D eigenvalue weighted by Crippen LogP contribution is 2.60. The van der Waals surface area contributed by atoms with Gasteiger partial charge in [0.25, 0.3) is 0 Å². The van der Waals surface area contributed by atoms with Gasteiger partial charge in [-0.1, -0.05) is 32.0 Å². The number of para-hydroxylation sites is 1. The maximum absolute atomic E-state index is 13.3. The van der Waals surface area contributed by atoms with Crippen LogP contribution in [0.25, 0.3) is 0 Å². The zero-order valence-corrected chi connectivity index (χ0v) is 15.8. The minimum atomic E-state index is -0.490. The van der Waals surface area contributed by atoms with Crippen molar-refractivity contribution >= 4 is 17.5 Å². The standard InChI is InChI=1S/C22H30N2O2/c1-14(2)19(20(25)23-18-6-4-3-5-7-18)24-21(26)22-11-15-8-16(12-22)10-17(9-15)13-22/h3-7,14-17,19H,8-13H2,1-2H3,(H,23,25)(H,24,26). The molecule has 0 saturated heterocycles. The Morgan fingerprint density at radius 1 is 0.962 bits per heavy atom. The predicted octanol–water partition coefficient (Wildman–Crippen LogP) is 3.98. The molecule has 4 bridgehead atoms. The second-order valence-electron chi connectivity index (χ2n) is 9.25. The van der Waals surface area contributed by atoms with Gasteiger partial charge in [0, 0.05) is 11.1 Å². The molecule has 1 unspecified atom stereocenters. The fraction of sp³-hybridized carbons (Fsp3) is 0.636. The van der Waals surface area contributed by atoms with Crippen molar-refractivity contribution in [3.05, 3.63) is 30.3 Å². The third-order valence-corrected chi connectivity index (χ3v) is 6.80. The third-order valence-electron chi connectivity index (χ3n) is 6.80. The van der Waals surface area contributed by atoms with Crippen LogP contribution in [0.15, 0.2) is 30.3 Å². The summed E-state index contributed by atoms with van der Waals surface area (Å²) in [5.41, 5.74) is 0.557. The Hall–Kier alpha value is -1.84. The maximum atomic E-state index is 13.3. The monoisotopic (exact) mass is 354 g/mol. The molecule has 4 aliphatic carbocycles. The smallest absolute Gasteiger partial charge is 0.247 e. The molecule has 2 N–H and O–H groups in total. The number of amides is 2. The molecule has 4 nitrogen and oxygen atoms in total. The first-order valence-electron chi connectivity index (χ1n) is 10.1. The molecule has 0 spiro atoms. The summed E-state index contributed by atoms with van der Waals surface area (Å²) in [6, 6.07) is 8.97. The summed E-state index contributed by atoms with van der Waals surface area (Å²) in [6.45, 7) is 3.99. The zero-order valence-electron chi connectivity index (χ0n) is 15.8. The summed E-state index contributed by atoms with van der Waals surface area (Å²) in [5, 5.41) is 6.09. The van der Waals surface area contributed by atoms with Crippen LogP contribution >= 0.6 is 0 Å². The van der Waals surface area contributed by atoms with Gasteiger partial charge in [0.2, 0.25) is 11.8 Å². The average molecular weight is 354 g/mol. The summed E-state index contributed by atoms with van der Waals surface area (Å²) in [7, 11) is 0. The minimum Gasteiger partial charge on any atom is -0.344 e. The van der Waals surface area contributed by atoms with Crippen molar-refractivity contribution in [1.82, 2.24) is 5.32 Å². The van der Waals surface area contributed by atoms with Gasteiger partial charge in [-0.25, -0.2) is 0 Å². The maximum Gasteiger partial charge on any atom is 0.247 e. The zero-order chi connectivity index (χ0) is 18.3. The van der Waals surface area contributed by atoms with Crippen LogP contribution in [-0.4, -0.2) is 17.9 Å². The molecule has 2 amide bonds. The predicted molar refractivity (Wildman–Crippen MR) is 102 cm³/mol. The number of carbonyl (C=O) groups is 2.